The Morgan fingerprint density at radius 1 is 1.03 bits per heavy atom. The molecule has 0 aliphatic rings. The summed E-state index contributed by atoms with van der Waals surface area (Å²) in [5, 5.41) is 2.74. The van der Waals surface area contributed by atoms with Crippen LogP contribution in [0.1, 0.15) is 50.3 Å². The van der Waals surface area contributed by atoms with E-state index in [0.717, 1.165) is 11.1 Å². The highest BCUT2D eigenvalue weighted by molar-refractivity contribution is 7.89. The normalized spacial score (nSPS) is 11.7. The van der Waals surface area contributed by atoms with Gasteiger partial charge in [-0.2, -0.15) is 4.31 Å². The SMILES string of the molecule is CCN(CC)S(=O)(=O)c1cc(NC(=O)COc2cc(C(C)C)ccc2C)ccc1C. The number of hydrogen-bond donors (Lipinski definition) is 1. The molecule has 0 aliphatic carbocycles. The molecule has 2 aromatic carbocycles. The fourth-order valence-electron chi connectivity index (χ4n) is 3.13. The third-order valence-corrected chi connectivity index (χ3v) is 7.22. The van der Waals surface area contributed by atoms with E-state index in [2.05, 4.69) is 25.2 Å². The van der Waals surface area contributed by atoms with Crippen LogP contribution in [0, 0.1) is 13.8 Å². The number of ether oxygens (including phenoxy) is 1. The predicted molar refractivity (Wildman–Crippen MR) is 121 cm³/mol. The Morgan fingerprint density at radius 3 is 2.27 bits per heavy atom. The number of aryl methyl sites for hydroxylation is 2. The number of hydrogen-bond acceptors (Lipinski definition) is 4. The van der Waals surface area contributed by atoms with Crippen LogP contribution in [0.3, 0.4) is 0 Å². The molecule has 7 heteroatoms. The van der Waals surface area contributed by atoms with Crippen molar-refractivity contribution in [3.8, 4) is 5.75 Å². The van der Waals surface area contributed by atoms with Crippen LogP contribution in [0.25, 0.3) is 0 Å². The number of carbonyl (C=O) groups excluding carboxylic acids is 1. The summed E-state index contributed by atoms with van der Waals surface area (Å²) in [6.07, 6.45) is 0. The molecular weight excluding hydrogens is 400 g/mol. The Balaban J connectivity index is 2.14. The van der Waals surface area contributed by atoms with Crippen molar-refractivity contribution >= 4 is 21.6 Å². The van der Waals surface area contributed by atoms with Crippen molar-refractivity contribution < 1.29 is 17.9 Å². The number of amides is 1. The molecule has 164 valence electrons. The second-order valence-corrected chi connectivity index (χ2v) is 9.49. The van der Waals surface area contributed by atoms with Gasteiger partial charge in [-0.05, 0) is 54.7 Å². The first-order chi connectivity index (χ1) is 14.1. The van der Waals surface area contributed by atoms with Crippen LogP contribution in [-0.4, -0.2) is 38.3 Å². The summed E-state index contributed by atoms with van der Waals surface area (Å²) in [5.41, 5.74) is 3.15. The molecule has 0 aromatic heterocycles. The van der Waals surface area contributed by atoms with Crippen molar-refractivity contribution in [2.24, 2.45) is 0 Å². The largest absolute Gasteiger partial charge is 0.483 e. The molecule has 0 spiro atoms. The van der Waals surface area contributed by atoms with Gasteiger partial charge >= 0.3 is 0 Å². The molecule has 6 nitrogen and oxygen atoms in total. The third kappa shape index (κ3) is 5.61. The summed E-state index contributed by atoms with van der Waals surface area (Å²) in [5.74, 6) is 0.685. The van der Waals surface area contributed by atoms with Gasteiger partial charge in [-0.1, -0.05) is 45.9 Å². The van der Waals surface area contributed by atoms with E-state index in [1.165, 1.54) is 10.4 Å². The highest BCUT2D eigenvalue weighted by Crippen LogP contribution is 2.25. The zero-order valence-electron chi connectivity index (χ0n) is 18.7. The summed E-state index contributed by atoms with van der Waals surface area (Å²) in [4.78, 5) is 12.6. The summed E-state index contributed by atoms with van der Waals surface area (Å²) in [7, 11) is -3.61. The molecule has 0 atom stereocenters. The number of nitrogens with zero attached hydrogens (tertiary/aromatic N) is 1. The summed E-state index contributed by atoms with van der Waals surface area (Å²) in [6, 6.07) is 10.9. The highest BCUT2D eigenvalue weighted by Gasteiger charge is 2.24. The minimum absolute atomic E-state index is 0.158. The van der Waals surface area contributed by atoms with Crippen LogP contribution < -0.4 is 10.1 Å². The predicted octanol–water partition coefficient (Wildman–Crippen LogP) is 4.47. The molecule has 0 saturated carbocycles. The number of carbonyl (C=O) groups is 1. The minimum atomic E-state index is -3.61. The van der Waals surface area contributed by atoms with Gasteiger partial charge < -0.3 is 10.1 Å². The second-order valence-electron chi connectivity index (χ2n) is 7.59. The number of anilines is 1. The Hall–Kier alpha value is -2.38. The van der Waals surface area contributed by atoms with Crippen LogP contribution in [0.5, 0.6) is 5.75 Å². The van der Waals surface area contributed by atoms with E-state index in [1.54, 1.807) is 32.9 Å². The first kappa shape index (κ1) is 23.9. The maximum Gasteiger partial charge on any atom is 0.262 e. The van der Waals surface area contributed by atoms with E-state index in [9.17, 15) is 13.2 Å². The molecule has 0 radical (unpaired) electrons. The Bertz CT molecular complexity index is 996. The fraction of sp³-hybridized carbons (Fsp3) is 0.435. The van der Waals surface area contributed by atoms with Gasteiger partial charge in [0.05, 0.1) is 4.90 Å². The Morgan fingerprint density at radius 2 is 1.67 bits per heavy atom. The van der Waals surface area contributed by atoms with E-state index < -0.39 is 10.0 Å². The van der Waals surface area contributed by atoms with Crippen molar-refractivity contribution in [2.45, 2.75) is 52.4 Å². The lowest BCUT2D eigenvalue weighted by atomic mass is 10.0. The first-order valence-electron chi connectivity index (χ1n) is 10.2. The molecule has 0 bridgehead atoms. The molecule has 30 heavy (non-hydrogen) atoms. The third-order valence-electron chi connectivity index (χ3n) is 5.03. The molecule has 0 fully saturated rings. The van der Waals surface area contributed by atoms with Gasteiger partial charge in [0.1, 0.15) is 5.75 Å². The van der Waals surface area contributed by atoms with Crippen LogP contribution in [0.15, 0.2) is 41.3 Å². The molecule has 0 saturated heterocycles. The lowest BCUT2D eigenvalue weighted by Gasteiger charge is -2.20. The van der Waals surface area contributed by atoms with Gasteiger partial charge in [-0.3, -0.25) is 4.79 Å². The Labute approximate surface area is 180 Å². The first-order valence-corrected chi connectivity index (χ1v) is 11.7. The van der Waals surface area contributed by atoms with Gasteiger partial charge in [-0.25, -0.2) is 8.42 Å². The quantitative estimate of drug-likeness (QED) is 0.634. The lowest BCUT2D eigenvalue weighted by molar-refractivity contribution is -0.118. The average Bonchev–Trinajstić information content (AvgIpc) is 2.69. The average molecular weight is 433 g/mol. The lowest BCUT2D eigenvalue weighted by Crippen LogP contribution is -2.31. The van der Waals surface area contributed by atoms with Crippen LogP contribution >= 0.6 is 0 Å². The zero-order chi connectivity index (χ0) is 22.5. The molecule has 0 unspecified atom stereocenters. The van der Waals surface area contributed by atoms with Crippen LogP contribution in [0.2, 0.25) is 0 Å². The number of rotatable bonds is 9. The van der Waals surface area contributed by atoms with Gasteiger partial charge in [0.15, 0.2) is 6.61 Å². The second kappa shape index (κ2) is 10.1. The van der Waals surface area contributed by atoms with Gasteiger partial charge in [0.2, 0.25) is 10.0 Å². The number of nitrogens with one attached hydrogen (secondary N) is 1. The van der Waals surface area contributed by atoms with Crippen LogP contribution in [0.4, 0.5) is 5.69 Å². The van der Waals surface area contributed by atoms with Crippen molar-refractivity contribution in [2.75, 3.05) is 25.0 Å². The Kier molecular flexibility index (Phi) is 8.03. The van der Waals surface area contributed by atoms with Gasteiger partial charge in [0.25, 0.3) is 5.91 Å². The van der Waals surface area contributed by atoms with Crippen LogP contribution in [-0.2, 0) is 14.8 Å². The minimum Gasteiger partial charge on any atom is -0.483 e. The summed E-state index contributed by atoms with van der Waals surface area (Å²) >= 11 is 0. The van der Waals surface area contributed by atoms with Crippen molar-refractivity contribution in [1.82, 2.24) is 4.31 Å². The smallest absolute Gasteiger partial charge is 0.262 e. The van der Waals surface area contributed by atoms with E-state index in [-0.39, 0.29) is 17.4 Å². The van der Waals surface area contributed by atoms with Gasteiger partial charge in [0, 0.05) is 18.8 Å². The molecule has 1 N–H and O–H groups in total. The summed E-state index contributed by atoms with van der Waals surface area (Å²) < 4.78 is 32.9. The summed E-state index contributed by atoms with van der Waals surface area (Å²) in [6.45, 7) is 12.1. The van der Waals surface area contributed by atoms with Crippen molar-refractivity contribution in [3.63, 3.8) is 0 Å². The maximum absolute atomic E-state index is 12.9. The van der Waals surface area contributed by atoms with Crippen molar-refractivity contribution in [1.29, 1.82) is 0 Å². The molecule has 2 aromatic rings. The monoisotopic (exact) mass is 432 g/mol. The van der Waals surface area contributed by atoms with E-state index in [1.807, 2.05) is 19.1 Å². The molecule has 1 amide bonds. The highest BCUT2D eigenvalue weighted by atomic mass is 32.2. The van der Waals surface area contributed by atoms with Crippen molar-refractivity contribution in [3.05, 3.63) is 53.1 Å². The molecule has 0 heterocycles. The maximum atomic E-state index is 12.9. The zero-order valence-corrected chi connectivity index (χ0v) is 19.5. The van der Waals surface area contributed by atoms with E-state index in [0.29, 0.717) is 36.0 Å². The molecule has 2 rings (SSSR count). The fourth-order valence-corrected chi connectivity index (χ4v) is 4.84. The standard InChI is InChI=1S/C23H32N2O4S/c1-7-25(8-2)30(27,28)22-14-20(12-10-18(22)6)24-23(26)15-29-21-13-19(16(3)4)11-9-17(21)5/h9-14,16H,7-8,15H2,1-6H3,(H,24,26). The molecule has 0 aliphatic heterocycles. The number of benzene rings is 2. The number of sulfonamides is 1. The van der Waals surface area contributed by atoms with E-state index in [4.69, 9.17) is 4.74 Å². The van der Waals surface area contributed by atoms with Gasteiger partial charge in [-0.15, -0.1) is 0 Å². The molecular formula is C23H32N2O4S. The topological polar surface area (TPSA) is 75.7 Å². The van der Waals surface area contributed by atoms with E-state index >= 15 is 0 Å².